The number of furan rings is 1. The fraction of sp³-hybridized carbons (Fsp3) is 0.273. The van der Waals surface area contributed by atoms with Crippen LogP contribution in [0.3, 0.4) is 0 Å². The van der Waals surface area contributed by atoms with Crippen LogP contribution in [-0.4, -0.2) is 11.5 Å². The average molecular weight is 205 g/mol. The number of nitro groups is 1. The SMILES string of the molecule is Cc1c(CC[N+](=O)[O-])oc2ccccc12. The molecule has 0 bridgehead atoms. The molecule has 1 aromatic heterocycles. The van der Waals surface area contributed by atoms with Crippen LogP contribution in [0, 0.1) is 17.0 Å². The third kappa shape index (κ3) is 1.83. The number of benzene rings is 1. The fourth-order valence-corrected chi connectivity index (χ4v) is 1.66. The Morgan fingerprint density at radius 3 is 2.80 bits per heavy atom. The molecule has 1 aromatic carbocycles. The maximum atomic E-state index is 10.3. The van der Waals surface area contributed by atoms with Crippen LogP contribution in [0.5, 0.6) is 0 Å². The molecule has 78 valence electrons. The highest BCUT2D eigenvalue weighted by Gasteiger charge is 2.11. The highest BCUT2D eigenvalue weighted by Crippen LogP contribution is 2.24. The van der Waals surface area contributed by atoms with Gasteiger partial charge in [-0.3, -0.25) is 10.1 Å². The van der Waals surface area contributed by atoms with Crippen molar-refractivity contribution < 1.29 is 9.34 Å². The van der Waals surface area contributed by atoms with E-state index in [0.717, 1.165) is 16.5 Å². The smallest absolute Gasteiger partial charge is 0.210 e. The summed E-state index contributed by atoms with van der Waals surface area (Å²) in [6, 6.07) is 7.66. The summed E-state index contributed by atoms with van der Waals surface area (Å²) in [6.45, 7) is 1.85. The Kier molecular flexibility index (Phi) is 2.41. The number of nitrogens with zero attached hydrogens (tertiary/aromatic N) is 1. The van der Waals surface area contributed by atoms with Gasteiger partial charge in [0.15, 0.2) is 0 Å². The molecule has 0 aliphatic heterocycles. The number of fused-ring (bicyclic) bond motifs is 1. The second-order valence-corrected chi connectivity index (χ2v) is 3.45. The molecule has 0 fully saturated rings. The zero-order valence-corrected chi connectivity index (χ0v) is 8.40. The Labute approximate surface area is 86.7 Å². The average Bonchev–Trinajstić information content (AvgIpc) is 2.54. The minimum Gasteiger partial charge on any atom is -0.461 e. The molecule has 0 N–H and O–H groups in total. The Balaban J connectivity index is 2.36. The number of rotatable bonds is 3. The number of hydrogen-bond donors (Lipinski definition) is 0. The first-order valence-corrected chi connectivity index (χ1v) is 4.77. The molecule has 15 heavy (non-hydrogen) atoms. The van der Waals surface area contributed by atoms with Crippen LogP contribution < -0.4 is 0 Å². The largest absolute Gasteiger partial charge is 0.461 e. The first-order valence-electron chi connectivity index (χ1n) is 4.77. The van der Waals surface area contributed by atoms with Gasteiger partial charge in [0.2, 0.25) is 6.54 Å². The van der Waals surface area contributed by atoms with E-state index in [0.29, 0.717) is 12.2 Å². The van der Waals surface area contributed by atoms with E-state index in [1.54, 1.807) is 0 Å². The number of para-hydroxylation sites is 1. The summed E-state index contributed by atoms with van der Waals surface area (Å²) in [4.78, 5) is 9.94. The van der Waals surface area contributed by atoms with Crippen LogP contribution >= 0.6 is 0 Å². The van der Waals surface area contributed by atoms with Crippen LogP contribution in [0.15, 0.2) is 28.7 Å². The predicted octanol–water partition coefficient (Wildman–Crippen LogP) is 2.56. The van der Waals surface area contributed by atoms with E-state index in [4.69, 9.17) is 4.42 Å². The van der Waals surface area contributed by atoms with Gasteiger partial charge >= 0.3 is 0 Å². The molecule has 0 amide bonds. The molecule has 4 nitrogen and oxygen atoms in total. The standard InChI is InChI=1S/C11H11NO3/c1-8-9-4-2-3-5-11(9)15-10(8)6-7-12(13)14/h2-5H,6-7H2,1H3. The second-order valence-electron chi connectivity index (χ2n) is 3.45. The topological polar surface area (TPSA) is 56.3 Å². The van der Waals surface area contributed by atoms with Gasteiger partial charge < -0.3 is 4.42 Å². The van der Waals surface area contributed by atoms with Gasteiger partial charge in [0.1, 0.15) is 11.3 Å². The molecule has 0 aliphatic rings. The molecule has 0 atom stereocenters. The second kappa shape index (κ2) is 3.73. The molecule has 0 unspecified atom stereocenters. The van der Waals surface area contributed by atoms with E-state index < -0.39 is 0 Å². The zero-order valence-electron chi connectivity index (χ0n) is 8.40. The van der Waals surface area contributed by atoms with E-state index >= 15 is 0 Å². The van der Waals surface area contributed by atoms with Gasteiger partial charge in [-0.05, 0) is 18.6 Å². The monoisotopic (exact) mass is 205 g/mol. The molecule has 1 heterocycles. The summed E-state index contributed by atoms with van der Waals surface area (Å²) in [7, 11) is 0. The van der Waals surface area contributed by atoms with Crippen molar-refractivity contribution >= 4 is 11.0 Å². The lowest BCUT2D eigenvalue weighted by atomic mass is 10.1. The summed E-state index contributed by atoms with van der Waals surface area (Å²) >= 11 is 0. The fourth-order valence-electron chi connectivity index (χ4n) is 1.66. The molecule has 0 radical (unpaired) electrons. The number of aryl methyl sites for hydroxylation is 1. The summed E-state index contributed by atoms with van der Waals surface area (Å²) < 4.78 is 5.54. The molecule has 2 rings (SSSR count). The zero-order chi connectivity index (χ0) is 10.8. The van der Waals surface area contributed by atoms with Crippen LogP contribution in [-0.2, 0) is 6.42 Å². The van der Waals surface area contributed by atoms with Crippen molar-refractivity contribution in [3.8, 4) is 0 Å². The lowest BCUT2D eigenvalue weighted by molar-refractivity contribution is -0.479. The highest BCUT2D eigenvalue weighted by atomic mass is 16.6. The van der Waals surface area contributed by atoms with Crippen molar-refractivity contribution in [2.24, 2.45) is 0 Å². The first-order chi connectivity index (χ1) is 7.18. The van der Waals surface area contributed by atoms with Gasteiger partial charge in [0.25, 0.3) is 0 Å². The molecule has 4 heteroatoms. The minimum absolute atomic E-state index is 0.0827. The van der Waals surface area contributed by atoms with E-state index in [2.05, 4.69) is 0 Å². The first kappa shape index (κ1) is 9.71. The normalized spacial score (nSPS) is 10.7. The van der Waals surface area contributed by atoms with Crippen LogP contribution in [0.4, 0.5) is 0 Å². The molecule has 0 saturated heterocycles. The van der Waals surface area contributed by atoms with Gasteiger partial charge in [-0.25, -0.2) is 0 Å². The van der Waals surface area contributed by atoms with Crippen molar-refractivity contribution in [2.45, 2.75) is 13.3 Å². The maximum Gasteiger partial charge on any atom is 0.210 e. The minimum atomic E-state index is -0.327. The molecule has 0 saturated carbocycles. The molecular weight excluding hydrogens is 194 g/mol. The maximum absolute atomic E-state index is 10.3. The summed E-state index contributed by atoms with van der Waals surface area (Å²) in [5, 5.41) is 11.3. The van der Waals surface area contributed by atoms with Gasteiger partial charge in [-0.1, -0.05) is 18.2 Å². The summed E-state index contributed by atoms with van der Waals surface area (Å²) in [5.74, 6) is 0.716. The highest BCUT2D eigenvalue weighted by molar-refractivity contribution is 5.81. The van der Waals surface area contributed by atoms with Crippen molar-refractivity contribution in [3.05, 3.63) is 45.7 Å². The van der Waals surface area contributed by atoms with Crippen molar-refractivity contribution in [1.82, 2.24) is 0 Å². The molecular formula is C11H11NO3. The third-order valence-corrected chi connectivity index (χ3v) is 2.46. The van der Waals surface area contributed by atoms with Gasteiger partial charge in [-0.15, -0.1) is 0 Å². The Hall–Kier alpha value is -1.84. The van der Waals surface area contributed by atoms with Gasteiger partial charge in [-0.2, -0.15) is 0 Å². The van der Waals surface area contributed by atoms with Crippen LogP contribution in [0.25, 0.3) is 11.0 Å². The summed E-state index contributed by atoms with van der Waals surface area (Å²) in [5.41, 5.74) is 1.81. The van der Waals surface area contributed by atoms with E-state index in [1.807, 2.05) is 31.2 Å². The van der Waals surface area contributed by atoms with Crippen LogP contribution in [0.1, 0.15) is 11.3 Å². The Morgan fingerprint density at radius 1 is 1.40 bits per heavy atom. The van der Waals surface area contributed by atoms with E-state index in [9.17, 15) is 10.1 Å². The van der Waals surface area contributed by atoms with Crippen molar-refractivity contribution in [1.29, 1.82) is 0 Å². The number of hydrogen-bond acceptors (Lipinski definition) is 3. The molecule has 2 aromatic rings. The lowest BCUT2D eigenvalue weighted by Gasteiger charge is -1.92. The molecule has 0 spiro atoms. The van der Waals surface area contributed by atoms with E-state index in [1.165, 1.54) is 0 Å². The van der Waals surface area contributed by atoms with Gasteiger partial charge in [0, 0.05) is 10.3 Å². The van der Waals surface area contributed by atoms with E-state index in [-0.39, 0.29) is 11.5 Å². The summed E-state index contributed by atoms with van der Waals surface area (Å²) in [6.07, 6.45) is 0.355. The Morgan fingerprint density at radius 2 is 2.13 bits per heavy atom. The van der Waals surface area contributed by atoms with Crippen molar-refractivity contribution in [3.63, 3.8) is 0 Å². The predicted molar refractivity (Wildman–Crippen MR) is 56.5 cm³/mol. The Bertz CT molecular complexity index is 502. The third-order valence-electron chi connectivity index (χ3n) is 2.46. The van der Waals surface area contributed by atoms with Gasteiger partial charge in [0.05, 0.1) is 6.42 Å². The van der Waals surface area contributed by atoms with Crippen molar-refractivity contribution in [2.75, 3.05) is 6.54 Å². The lowest BCUT2D eigenvalue weighted by Crippen LogP contribution is -2.03. The molecule has 0 aliphatic carbocycles. The van der Waals surface area contributed by atoms with Crippen LogP contribution in [0.2, 0.25) is 0 Å². The quantitative estimate of drug-likeness (QED) is 0.571.